The van der Waals surface area contributed by atoms with E-state index in [1.54, 1.807) is 31.2 Å². The Kier molecular flexibility index (Phi) is 5.65. The van der Waals surface area contributed by atoms with E-state index >= 15 is 0 Å². The van der Waals surface area contributed by atoms with E-state index < -0.39 is 6.03 Å². The molecular weight excluding hydrogens is 416 g/mol. The molecule has 8 heteroatoms. The molecular formula is C18H15BrN4O2S. The molecule has 1 aromatic heterocycles. The zero-order chi connectivity index (χ0) is 18.5. The number of aromatic nitrogens is 1. The van der Waals surface area contributed by atoms with Crippen molar-refractivity contribution >= 4 is 55.7 Å². The number of aryl methyl sites for hydroxylation is 1. The average molecular weight is 431 g/mol. The second kappa shape index (κ2) is 8.11. The van der Waals surface area contributed by atoms with Crippen LogP contribution < -0.4 is 16.0 Å². The van der Waals surface area contributed by atoms with Gasteiger partial charge in [0.25, 0.3) is 5.91 Å². The molecule has 1 heterocycles. The highest BCUT2D eigenvalue weighted by atomic mass is 79.9. The summed E-state index contributed by atoms with van der Waals surface area (Å²) in [6.45, 7) is 1.73. The number of anilines is 3. The van der Waals surface area contributed by atoms with Gasteiger partial charge in [0.1, 0.15) is 4.88 Å². The van der Waals surface area contributed by atoms with Crippen molar-refractivity contribution < 1.29 is 9.59 Å². The van der Waals surface area contributed by atoms with E-state index in [1.165, 1.54) is 0 Å². The molecule has 132 valence electrons. The molecule has 0 fully saturated rings. The van der Waals surface area contributed by atoms with Crippen LogP contribution in [-0.4, -0.2) is 16.9 Å². The van der Waals surface area contributed by atoms with Crippen LogP contribution in [0.5, 0.6) is 0 Å². The molecule has 0 saturated carbocycles. The maximum absolute atomic E-state index is 12.4. The van der Waals surface area contributed by atoms with Gasteiger partial charge in [-0.3, -0.25) is 10.1 Å². The summed E-state index contributed by atoms with van der Waals surface area (Å²) in [6.07, 6.45) is 0. The SMILES string of the molecule is Cc1nc(NC(=O)Nc2ccccc2)sc1C(=O)Nc1ccc(Br)cc1. The maximum atomic E-state index is 12.4. The van der Waals surface area contributed by atoms with E-state index in [1.807, 2.05) is 30.3 Å². The number of thiazole rings is 1. The first-order chi connectivity index (χ1) is 12.5. The van der Waals surface area contributed by atoms with Crippen molar-refractivity contribution in [1.82, 2.24) is 4.98 Å². The number of hydrogen-bond acceptors (Lipinski definition) is 4. The number of urea groups is 1. The van der Waals surface area contributed by atoms with Crippen LogP contribution in [0.2, 0.25) is 0 Å². The maximum Gasteiger partial charge on any atom is 0.325 e. The van der Waals surface area contributed by atoms with Crippen LogP contribution in [-0.2, 0) is 0 Å². The number of benzene rings is 2. The summed E-state index contributed by atoms with van der Waals surface area (Å²) in [4.78, 5) is 29.2. The summed E-state index contributed by atoms with van der Waals surface area (Å²) in [6, 6.07) is 15.9. The fourth-order valence-corrected chi connectivity index (χ4v) is 3.28. The summed E-state index contributed by atoms with van der Waals surface area (Å²) in [5.74, 6) is -0.265. The summed E-state index contributed by atoms with van der Waals surface area (Å²) in [5.41, 5.74) is 1.91. The van der Waals surface area contributed by atoms with Crippen LogP contribution in [0.1, 0.15) is 15.4 Å². The van der Waals surface area contributed by atoms with E-state index in [0.717, 1.165) is 15.8 Å². The second-order valence-electron chi connectivity index (χ2n) is 5.34. The molecule has 0 atom stereocenters. The molecule has 26 heavy (non-hydrogen) atoms. The lowest BCUT2D eigenvalue weighted by Crippen LogP contribution is -2.19. The highest BCUT2D eigenvalue weighted by Crippen LogP contribution is 2.24. The van der Waals surface area contributed by atoms with Crippen LogP contribution >= 0.6 is 27.3 Å². The third-order valence-corrected chi connectivity index (χ3v) is 4.96. The predicted molar refractivity (Wildman–Crippen MR) is 108 cm³/mol. The molecule has 0 radical (unpaired) electrons. The van der Waals surface area contributed by atoms with Gasteiger partial charge in [-0.25, -0.2) is 9.78 Å². The van der Waals surface area contributed by atoms with Gasteiger partial charge in [0.2, 0.25) is 0 Å². The van der Waals surface area contributed by atoms with Crippen molar-refractivity contribution in [2.24, 2.45) is 0 Å². The van der Waals surface area contributed by atoms with E-state index in [0.29, 0.717) is 27.1 Å². The monoisotopic (exact) mass is 430 g/mol. The summed E-state index contributed by atoms with van der Waals surface area (Å²) in [5, 5.41) is 8.53. The number of nitrogens with one attached hydrogen (secondary N) is 3. The molecule has 0 bridgehead atoms. The van der Waals surface area contributed by atoms with Crippen molar-refractivity contribution in [2.75, 3.05) is 16.0 Å². The largest absolute Gasteiger partial charge is 0.325 e. The van der Waals surface area contributed by atoms with Crippen LogP contribution in [0.15, 0.2) is 59.1 Å². The van der Waals surface area contributed by atoms with E-state index in [4.69, 9.17) is 0 Å². The fraction of sp³-hybridized carbons (Fsp3) is 0.0556. The number of carbonyl (C=O) groups excluding carboxylic acids is 2. The molecule has 0 spiro atoms. The van der Waals surface area contributed by atoms with Gasteiger partial charge >= 0.3 is 6.03 Å². The zero-order valence-corrected chi connectivity index (χ0v) is 16.1. The van der Waals surface area contributed by atoms with Gasteiger partial charge in [0, 0.05) is 15.8 Å². The van der Waals surface area contributed by atoms with E-state index in [9.17, 15) is 9.59 Å². The lowest BCUT2D eigenvalue weighted by atomic mass is 10.3. The van der Waals surface area contributed by atoms with Gasteiger partial charge in [0.05, 0.1) is 5.69 Å². The molecule has 6 nitrogen and oxygen atoms in total. The van der Waals surface area contributed by atoms with Crippen LogP contribution in [0.4, 0.5) is 21.3 Å². The van der Waals surface area contributed by atoms with E-state index in [2.05, 4.69) is 36.9 Å². The summed E-state index contributed by atoms with van der Waals surface area (Å²) >= 11 is 4.48. The third kappa shape index (κ3) is 4.68. The summed E-state index contributed by atoms with van der Waals surface area (Å²) < 4.78 is 0.931. The highest BCUT2D eigenvalue weighted by molar-refractivity contribution is 9.10. The molecule has 0 aliphatic heterocycles. The van der Waals surface area contributed by atoms with Gasteiger partial charge in [-0.15, -0.1) is 0 Å². The number of nitrogens with zero attached hydrogens (tertiary/aromatic N) is 1. The zero-order valence-electron chi connectivity index (χ0n) is 13.7. The predicted octanol–water partition coefficient (Wildman–Crippen LogP) is 5.11. The molecule has 0 aliphatic rings. The quantitative estimate of drug-likeness (QED) is 0.537. The minimum absolute atomic E-state index is 0.265. The van der Waals surface area contributed by atoms with Gasteiger partial charge < -0.3 is 10.6 Å². The molecule has 0 saturated heterocycles. The van der Waals surface area contributed by atoms with Crippen molar-refractivity contribution in [1.29, 1.82) is 0 Å². The Labute approximate surface area is 162 Å². The first kappa shape index (κ1) is 18.1. The highest BCUT2D eigenvalue weighted by Gasteiger charge is 2.17. The summed E-state index contributed by atoms with van der Waals surface area (Å²) in [7, 11) is 0. The third-order valence-electron chi connectivity index (χ3n) is 3.36. The smallest absolute Gasteiger partial charge is 0.321 e. The van der Waals surface area contributed by atoms with Crippen LogP contribution in [0.25, 0.3) is 0 Å². The molecule has 3 rings (SSSR count). The van der Waals surface area contributed by atoms with Gasteiger partial charge in [-0.05, 0) is 43.3 Å². The first-order valence-electron chi connectivity index (χ1n) is 7.68. The minimum atomic E-state index is -0.412. The second-order valence-corrected chi connectivity index (χ2v) is 7.25. The Morgan fingerprint density at radius 2 is 1.58 bits per heavy atom. The van der Waals surface area contributed by atoms with Crippen LogP contribution in [0.3, 0.4) is 0 Å². The molecule has 3 N–H and O–H groups in total. The Hall–Kier alpha value is -2.71. The topological polar surface area (TPSA) is 83.1 Å². The molecule has 3 aromatic rings. The molecule has 0 aliphatic carbocycles. The fourth-order valence-electron chi connectivity index (χ4n) is 2.16. The molecule has 0 unspecified atom stereocenters. The van der Waals surface area contributed by atoms with Crippen molar-refractivity contribution in [2.45, 2.75) is 6.92 Å². The van der Waals surface area contributed by atoms with Gasteiger partial charge in [-0.2, -0.15) is 0 Å². The minimum Gasteiger partial charge on any atom is -0.321 e. The Morgan fingerprint density at radius 1 is 0.923 bits per heavy atom. The lowest BCUT2D eigenvalue weighted by Gasteiger charge is -2.04. The number of amides is 3. The van der Waals surface area contributed by atoms with E-state index in [-0.39, 0.29) is 5.91 Å². The first-order valence-corrected chi connectivity index (χ1v) is 9.29. The molecule has 3 amide bonds. The van der Waals surface area contributed by atoms with Crippen molar-refractivity contribution in [3.8, 4) is 0 Å². The molecule has 2 aromatic carbocycles. The standard InChI is InChI=1S/C18H15BrN4O2S/c1-11-15(16(24)21-14-9-7-12(19)8-10-14)26-18(20-11)23-17(25)22-13-5-3-2-4-6-13/h2-10H,1H3,(H,21,24)(H2,20,22,23,25). The number of rotatable bonds is 4. The number of halogens is 1. The Bertz CT molecular complexity index is 926. The van der Waals surface area contributed by atoms with Crippen molar-refractivity contribution in [3.63, 3.8) is 0 Å². The number of hydrogen-bond donors (Lipinski definition) is 3. The van der Waals surface area contributed by atoms with Crippen LogP contribution in [0, 0.1) is 6.92 Å². The van der Waals surface area contributed by atoms with Crippen molar-refractivity contribution in [3.05, 3.63) is 69.6 Å². The number of para-hydroxylation sites is 1. The van der Waals surface area contributed by atoms with Gasteiger partial charge in [0.15, 0.2) is 5.13 Å². The average Bonchev–Trinajstić information content (AvgIpc) is 2.98. The Morgan fingerprint density at radius 3 is 2.27 bits per heavy atom. The Balaban J connectivity index is 1.65. The number of carbonyl (C=O) groups is 2. The lowest BCUT2D eigenvalue weighted by molar-refractivity contribution is 0.103. The van der Waals surface area contributed by atoms with Gasteiger partial charge in [-0.1, -0.05) is 45.5 Å². The normalized spacial score (nSPS) is 10.2.